The Hall–Kier alpha value is -7.56. The van der Waals surface area contributed by atoms with Crippen LogP contribution < -0.4 is 0 Å². The quantitative estimate of drug-likeness (QED) is 0.172. The van der Waals surface area contributed by atoms with Gasteiger partial charge in [-0.15, -0.1) is 0 Å². The highest BCUT2D eigenvalue weighted by Crippen LogP contribution is 2.45. The minimum atomic E-state index is 0.691. The predicted molar refractivity (Wildman–Crippen MR) is 229 cm³/mol. The topological polar surface area (TPSA) is 52.1 Å². The highest BCUT2D eigenvalue weighted by molar-refractivity contribution is 6.18. The number of hydrogen-bond acceptors (Lipinski definition) is 4. The third kappa shape index (κ3) is 5.39. The van der Waals surface area contributed by atoms with E-state index in [-0.39, 0.29) is 0 Å². The van der Waals surface area contributed by atoms with Crippen molar-refractivity contribution in [2.75, 3.05) is 0 Å². The molecule has 3 aromatic heterocycles. The van der Waals surface area contributed by atoms with Crippen molar-refractivity contribution in [1.29, 1.82) is 0 Å². The molecule has 4 heteroatoms. The lowest BCUT2D eigenvalue weighted by molar-refractivity contribution is 0.665. The second-order valence-corrected chi connectivity index (χ2v) is 14.1. The molecule has 0 amide bonds. The van der Waals surface area contributed by atoms with E-state index in [0.717, 1.165) is 94.2 Å². The fourth-order valence-electron chi connectivity index (χ4n) is 7.98. The van der Waals surface area contributed by atoms with Crippen molar-refractivity contribution in [3.8, 4) is 67.3 Å². The van der Waals surface area contributed by atoms with E-state index in [1.165, 1.54) is 11.1 Å². The minimum Gasteiger partial charge on any atom is -0.455 e. The van der Waals surface area contributed by atoms with E-state index in [0.29, 0.717) is 5.82 Å². The van der Waals surface area contributed by atoms with Crippen LogP contribution >= 0.6 is 0 Å². The van der Waals surface area contributed by atoms with Crippen molar-refractivity contribution in [2.45, 2.75) is 0 Å². The Morgan fingerprint density at radius 2 is 0.786 bits per heavy atom. The molecule has 11 aromatic rings. The second kappa shape index (κ2) is 13.1. The highest BCUT2D eigenvalue weighted by atomic mass is 16.3. The minimum absolute atomic E-state index is 0.691. The Labute approximate surface area is 323 Å². The van der Waals surface area contributed by atoms with Crippen LogP contribution in [0.2, 0.25) is 0 Å². The summed E-state index contributed by atoms with van der Waals surface area (Å²) in [6, 6.07) is 67.2. The maximum absolute atomic E-state index is 6.70. The largest absolute Gasteiger partial charge is 0.455 e. The van der Waals surface area contributed by atoms with Crippen LogP contribution in [-0.4, -0.2) is 9.97 Å². The molecule has 0 saturated heterocycles. The average molecular weight is 717 g/mol. The van der Waals surface area contributed by atoms with Crippen LogP contribution in [0.15, 0.2) is 203 Å². The standard InChI is InChI=1S/C52H32N2O2/c1-3-12-33(13-4-1)34-22-26-36(27-23-34)45-32-46(54-52(53-45)38-14-5-2-6-15-38)37-28-24-35(25-29-37)39-30-31-43(51-49(39)44-17-8-10-21-48(44)56-51)42-19-11-18-41-40-16-7-9-20-47(40)55-50(41)42/h1-32H. The molecule has 4 nitrogen and oxygen atoms in total. The number of benzene rings is 8. The summed E-state index contributed by atoms with van der Waals surface area (Å²) < 4.78 is 13.2. The van der Waals surface area contributed by atoms with Crippen molar-refractivity contribution in [3.63, 3.8) is 0 Å². The van der Waals surface area contributed by atoms with Crippen LogP contribution in [0.1, 0.15) is 0 Å². The summed E-state index contributed by atoms with van der Waals surface area (Å²) in [5.74, 6) is 0.691. The van der Waals surface area contributed by atoms with E-state index in [1.54, 1.807) is 0 Å². The van der Waals surface area contributed by atoms with Crippen molar-refractivity contribution in [3.05, 3.63) is 194 Å². The third-order valence-corrected chi connectivity index (χ3v) is 10.8. The summed E-state index contributed by atoms with van der Waals surface area (Å²) in [5, 5.41) is 4.35. The first-order chi connectivity index (χ1) is 27.7. The first kappa shape index (κ1) is 31.9. The fraction of sp³-hybridized carbons (Fsp3) is 0. The van der Waals surface area contributed by atoms with E-state index < -0.39 is 0 Å². The maximum atomic E-state index is 6.70. The van der Waals surface area contributed by atoms with Crippen LogP contribution in [0, 0.1) is 0 Å². The summed E-state index contributed by atoms with van der Waals surface area (Å²) in [5.41, 5.74) is 14.7. The molecule has 3 heterocycles. The molecule has 0 aliphatic heterocycles. The normalized spacial score (nSPS) is 11.6. The zero-order valence-electron chi connectivity index (χ0n) is 30.2. The lowest BCUT2D eigenvalue weighted by atomic mass is 9.93. The molecule has 11 rings (SSSR count). The van der Waals surface area contributed by atoms with Crippen LogP contribution in [0.3, 0.4) is 0 Å². The molecule has 0 fully saturated rings. The second-order valence-electron chi connectivity index (χ2n) is 14.1. The summed E-state index contributed by atoms with van der Waals surface area (Å²) >= 11 is 0. The first-order valence-electron chi connectivity index (χ1n) is 18.8. The molecule has 0 aliphatic carbocycles. The molecule has 0 radical (unpaired) electrons. The van der Waals surface area contributed by atoms with Gasteiger partial charge in [-0.1, -0.05) is 170 Å². The van der Waals surface area contributed by atoms with Gasteiger partial charge in [-0.05, 0) is 46.5 Å². The van der Waals surface area contributed by atoms with Gasteiger partial charge >= 0.3 is 0 Å². The number of fused-ring (bicyclic) bond motifs is 6. The molecule has 262 valence electrons. The Morgan fingerprint density at radius 3 is 1.48 bits per heavy atom. The average Bonchev–Trinajstić information content (AvgIpc) is 3.86. The molecular weight excluding hydrogens is 685 g/mol. The van der Waals surface area contributed by atoms with Gasteiger partial charge in [-0.3, -0.25) is 0 Å². The van der Waals surface area contributed by atoms with Gasteiger partial charge in [0.1, 0.15) is 22.3 Å². The van der Waals surface area contributed by atoms with Crippen molar-refractivity contribution in [1.82, 2.24) is 9.97 Å². The van der Waals surface area contributed by atoms with Gasteiger partial charge in [-0.25, -0.2) is 9.97 Å². The number of aromatic nitrogens is 2. The monoisotopic (exact) mass is 716 g/mol. The van der Waals surface area contributed by atoms with Gasteiger partial charge in [0.05, 0.1) is 11.4 Å². The van der Waals surface area contributed by atoms with Gasteiger partial charge in [0.2, 0.25) is 0 Å². The maximum Gasteiger partial charge on any atom is 0.160 e. The molecule has 0 spiro atoms. The molecule has 0 atom stereocenters. The Balaban J connectivity index is 1.02. The van der Waals surface area contributed by atoms with Crippen LogP contribution in [0.25, 0.3) is 111 Å². The van der Waals surface area contributed by atoms with Gasteiger partial charge in [0.25, 0.3) is 0 Å². The van der Waals surface area contributed by atoms with E-state index in [2.05, 4.69) is 146 Å². The lowest BCUT2D eigenvalue weighted by Crippen LogP contribution is -1.96. The predicted octanol–water partition coefficient (Wildman–Crippen LogP) is 14.3. The van der Waals surface area contributed by atoms with Crippen molar-refractivity contribution >= 4 is 43.9 Å². The first-order valence-corrected chi connectivity index (χ1v) is 18.8. The van der Waals surface area contributed by atoms with Gasteiger partial charge in [-0.2, -0.15) is 0 Å². The van der Waals surface area contributed by atoms with Crippen molar-refractivity contribution < 1.29 is 8.83 Å². The molecular formula is C52H32N2O2. The van der Waals surface area contributed by atoms with Crippen LogP contribution in [-0.2, 0) is 0 Å². The molecule has 0 N–H and O–H groups in total. The molecule has 0 bridgehead atoms. The number of furan rings is 2. The highest BCUT2D eigenvalue weighted by Gasteiger charge is 2.20. The Kier molecular flexibility index (Phi) is 7.46. The zero-order chi connectivity index (χ0) is 37.0. The Bertz CT molecular complexity index is 3220. The van der Waals surface area contributed by atoms with Crippen LogP contribution in [0.4, 0.5) is 0 Å². The molecule has 0 unspecified atom stereocenters. The summed E-state index contributed by atoms with van der Waals surface area (Å²) in [7, 11) is 0. The zero-order valence-corrected chi connectivity index (χ0v) is 30.2. The summed E-state index contributed by atoms with van der Waals surface area (Å²) in [4.78, 5) is 10.2. The number of nitrogens with zero attached hydrogens (tertiary/aromatic N) is 2. The van der Waals surface area contributed by atoms with E-state index >= 15 is 0 Å². The van der Waals surface area contributed by atoms with Crippen molar-refractivity contribution in [2.24, 2.45) is 0 Å². The Morgan fingerprint density at radius 1 is 0.304 bits per heavy atom. The molecule has 0 saturated carbocycles. The summed E-state index contributed by atoms with van der Waals surface area (Å²) in [6.45, 7) is 0. The fourth-order valence-corrected chi connectivity index (χ4v) is 7.98. The third-order valence-electron chi connectivity index (χ3n) is 10.8. The van der Waals surface area contributed by atoms with E-state index in [9.17, 15) is 0 Å². The van der Waals surface area contributed by atoms with Crippen LogP contribution in [0.5, 0.6) is 0 Å². The number of rotatable bonds is 6. The lowest BCUT2D eigenvalue weighted by Gasteiger charge is -2.12. The molecule has 0 aliphatic rings. The number of hydrogen-bond donors (Lipinski definition) is 0. The van der Waals surface area contributed by atoms with Gasteiger partial charge in [0.15, 0.2) is 5.82 Å². The number of para-hydroxylation sites is 3. The van der Waals surface area contributed by atoms with Gasteiger partial charge in [0, 0.05) is 49.4 Å². The smallest absolute Gasteiger partial charge is 0.160 e. The van der Waals surface area contributed by atoms with E-state index in [4.69, 9.17) is 18.8 Å². The summed E-state index contributed by atoms with van der Waals surface area (Å²) in [6.07, 6.45) is 0. The van der Waals surface area contributed by atoms with E-state index in [1.807, 2.05) is 48.5 Å². The van der Waals surface area contributed by atoms with Gasteiger partial charge < -0.3 is 8.83 Å². The molecule has 8 aromatic carbocycles. The molecule has 56 heavy (non-hydrogen) atoms. The SMILES string of the molecule is c1ccc(-c2ccc(-c3cc(-c4ccc(-c5ccc(-c6cccc7c6oc6ccccc67)c6oc7ccccc7c56)cc4)nc(-c4ccccc4)n3)cc2)cc1.